The minimum atomic E-state index is -0.267. The molecule has 1 aromatic heterocycles. The topological polar surface area (TPSA) is 100 Å². The van der Waals surface area contributed by atoms with Gasteiger partial charge in [-0.05, 0) is 31.2 Å². The Morgan fingerprint density at radius 2 is 2.09 bits per heavy atom. The van der Waals surface area contributed by atoms with E-state index in [1.54, 1.807) is 31.2 Å². The van der Waals surface area contributed by atoms with Crippen molar-refractivity contribution in [1.82, 2.24) is 15.5 Å². The zero-order valence-corrected chi connectivity index (χ0v) is 12.7. The Balaban J connectivity index is 1.90. The van der Waals surface area contributed by atoms with Crippen LogP contribution in [-0.4, -0.2) is 33.8 Å². The van der Waals surface area contributed by atoms with Crippen LogP contribution in [0.2, 0.25) is 0 Å². The van der Waals surface area contributed by atoms with E-state index in [4.69, 9.17) is 9.63 Å². The third kappa shape index (κ3) is 4.29. The number of carbonyl (C=O) groups is 1. The number of amides is 1. The van der Waals surface area contributed by atoms with Gasteiger partial charge in [0.25, 0.3) is 5.91 Å². The van der Waals surface area contributed by atoms with Crippen LogP contribution in [0, 0.1) is 0 Å². The number of aliphatic hydroxyl groups is 1. The summed E-state index contributed by atoms with van der Waals surface area (Å²) in [5, 5.41) is 18.6. The molecule has 7 heteroatoms. The van der Waals surface area contributed by atoms with Crippen LogP contribution in [0.1, 0.15) is 35.9 Å². The number of nitrogens with zero attached hydrogens (tertiary/aromatic N) is 2. The van der Waals surface area contributed by atoms with Gasteiger partial charge >= 0.3 is 0 Å². The fraction of sp³-hybridized carbons (Fsp3) is 0.400. The second-order valence-corrected chi connectivity index (χ2v) is 4.95. The van der Waals surface area contributed by atoms with E-state index in [-0.39, 0.29) is 18.6 Å². The molecule has 2 aromatic rings. The Morgan fingerprint density at radius 3 is 2.68 bits per heavy atom. The minimum absolute atomic E-state index is 0.0875. The van der Waals surface area contributed by atoms with Crippen molar-refractivity contribution in [2.45, 2.75) is 32.9 Å². The molecule has 0 spiro atoms. The molecule has 0 saturated heterocycles. The molecule has 1 heterocycles. The van der Waals surface area contributed by atoms with Gasteiger partial charge in [-0.3, -0.25) is 4.79 Å². The summed E-state index contributed by atoms with van der Waals surface area (Å²) >= 11 is 0. The first-order valence-electron chi connectivity index (χ1n) is 7.19. The molecule has 0 aliphatic heterocycles. The summed E-state index contributed by atoms with van der Waals surface area (Å²) in [6.07, 6.45) is 0.711. The van der Waals surface area contributed by atoms with E-state index in [0.717, 1.165) is 5.69 Å². The number of aromatic nitrogens is 2. The molecule has 1 aromatic carbocycles. The van der Waals surface area contributed by atoms with Crippen molar-refractivity contribution in [3.05, 3.63) is 41.5 Å². The summed E-state index contributed by atoms with van der Waals surface area (Å²) in [6.45, 7) is 4.06. The van der Waals surface area contributed by atoms with Crippen LogP contribution in [0.15, 0.2) is 28.8 Å². The number of nitrogens with one attached hydrogen (secondary N) is 2. The average Bonchev–Trinajstić information content (AvgIpc) is 3.01. The first-order chi connectivity index (χ1) is 10.6. The van der Waals surface area contributed by atoms with Gasteiger partial charge in [-0.2, -0.15) is 4.98 Å². The molecule has 1 amide bonds. The number of carbonyl (C=O) groups excluding carboxylic acids is 1. The van der Waals surface area contributed by atoms with E-state index in [1.165, 1.54) is 0 Å². The highest BCUT2D eigenvalue weighted by Crippen LogP contribution is 2.11. The van der Waals surface area contributed by atoms with Crippen molar-refractivity contribution in [2.75, 3.05) is 11.9 Å². The summed E-state index contributed by atoms with van der Waals surface area (Å²) in [7, 11) is 0. The maximum absolute atomic E-state index is 11.9. The van der Waals surface area contributed by atoms with E-state index in [0.29, 0.717) is 30.2 Å². The average molecular weight is 304 g/mol. The Labute approximate surface area is 128 Å². The van der Waals surface area contributed by atoms with Crippen LogP contribution >= 0.6 is 0 Å². The second-order valence-electron chi connectivity index (χ2n) is 4.95. The molecular formula is C15H20N4O3. The van der Waals surface area contributed by atoms with Crippen molar-refractivity contribution in [2.24, 2.45) is 0 Å². The molecule has 0 saturated carbocycles. The predicted molar refractivity (Wildman–Crippen MR) is 81.5 cm³/mol. The van der Waals surface area contributed by atoms with Crippen LogP contribution in [0.5, 0.6) is 0 Å². The molecule has 0 aliphatic carbocycles. The monoisotopic (exact) mass is 304 g/mol. The molecule has 7 nitrogen and oxygen atoms in total. The Hall–Kier alpha value is -2.41. The summed E-state index contributed by atoms with van der Waals surface area (Å²) in [5.74, 6) is 0.996. The number of rotatable bonds is 7. The lowest BCUT2D eigenvalue weighted by molar-refractivity contribution is 0.0922. The van der Waals surface area contributed by atoms with Gasteiger partial charge in [-0.15, -0.1) is 0 Å². The molecule has 0 bridgehead atoms. The molecule has 2 rings (SSSR count). The van der Waals surface area contributed by atoms with Gasteiger partial charge in [0, 0.05) is 23.7 Å². The van der Waals surface area contributed by atoms with Gasteiger partial charge in [-0.25, -0.2) is 0 Å². The third-order valence-corrected chi connectivity index (χ3v) is 3.06. The van der Waals surface area contributed by atoms with Gasteiger partial charge < -0.3 is 20.3 Å². The maximum atomic E-state index is 11.9. The molecular weight excluding hydrogens is 284 g/mol. The Kier molecular flexibility index (Phi) is 5.48. The van der Waals surface area contributed by atoms with E-state index in [9.17, 15) is 4.79 Å². The summed E-state index contributed by atoms with van der Waals surface area (Å²) in [5.41, 5.74) is 1.40. The summed E-state index contributed by atoms with van der Waals surface area (Å²) < 4.78 is 5.03. The molecule has 0 radical (unpaired) electrons. The molecule has 118 valence electrons. The number of benzene rings is 1. The lowest BCUT2D eigenvalue weighted by Crippen LogP contribution is -2.34. The smallest absolute Gasteiger partial charge is 0.251 e. The van der Waals surface area contributed by atoms with Crippen molar-refractivity contribution >= 4 is 11.6 Å². The van der Waals surface area contributed by atoms with Crippen LogP contribution in [0.4, 0.5) is 5.69 Å². The highest BCUT2D eigenvalue weighted by atomic mass is 16.5. The molecule has 0 fully saturated rings. The van der Waals surface area contributed by atoms with Crippen molar-refractivity contribution in [1.29, 1.82) is 0 Å². The van der Waals surface area contributed by atoms with Gasteiger partial charge in [0.1, 0.15) is 0 Å². The summed E-state index contributed by atoms with van der Waals surface area (Å²) in [6, 6.07) is 6.78. The molecule has 1 unspecified atom stereocenters. The van der Waals surface area contributed by atoms with Crippen LogP contribution in [0.25, 0.3) is 0 Å². The van der Waals surface area contributed by atoms with E-state index in [2.05, 4.69) is 20.8 Å². The number of hydrogen-bond donors (Lipinski definition) is 3. The van der Waals surface area contributed by atoms with Gasteiger partial charge in [0.2, 0.25) is 5.89 Å². The first kappa shape index (κ1) is 16.0. The lowest BCUT2D eigenvalue weighted by atomic mass is 10.2. The van der Waals surface area contributed by atoms with Crippen LogP contribution in [0.3, 0.4) is 0 Å². The predicted octanol–water partition coefficient (Wildman–Crippen LogP) is 1.35. The second kappa shape index (κ2) is 7.56. The minimum Gasteiger partial charge on any atom is -0.394 e. The Bertz CT molecular complexity index is 610. The fourth-order valence-corrected chi connectivity index (χ4v) is 1.78. The molecule has 3 N–H and O–H groups in total. The largest absolute Gasteiger partial charge is 0.394 e. The zero-order chi connectivity index (χ0) is 15.9. The number of aliphatic hydroxyl groups excluding tert-OH is 1. The van der Waals surface area contributed by atoms with Crippen LogP contribution in [-0.2, 0) is 13.0 Å². The standard InChI is InChI=1S/C15H20N4O3/c1-3-14-18-13(19-22-14)8-16-12-6-4-11(5-7-12)15(21)17-10(2)9-20/h4-7,10,16,20H,3,8-9H2,1-2H3,(H,17,21). The molecule has 1 atom stereocenters. The quantitative estimate of drug-likeness (QED) is 0.714. The normalized spacial score (nSPS) is 12.0. The van der Waals surface area contributed by atoms with Gasteiger partial charge in [-0.1, -0.05) is 12.1 Å². The number of anilines is 1. The highest BCUT2D eigenvalue weighted by Gasteiger charge is 2.09. The number of aryl methyl sites for hydroxylation is 1. The van der Waals surface area contributed by atoms with Crippen molar-refractivity contribution in [3.63, 3.8) is 0 Å². The van der Waals surface area contributed by atoms with E-state index < -0.39 is 0 Å². The maximum Gasteiger partial charge on any atom is 0.251 e. The first-order valence-corrected chi connectivity index (χ1v) is 7.19. The summed E-state index contributed by atoms with van der Waals surface area (Å²) in [4.78, 5) is 16.1. The van der Waals surface area contributed by atoms with Gasteiger partial charge in [0.15, 0.2) is 5.82 Å². The third-order valence-electron chi connectivity index (χ3n) is 3.06. The zero-order valence-electron chi connectivity index (χ0n) is 12.7. The Morgan fingerprint density at radius 1 is 1.36 bits per heavy atom. The SMILES string of the molecule is CCc1nc(CNc2ccc(C(=O)NC(C)CO)cc2)no1. The number of hydrogen-bond acceptors (Lipinski definition) is 6. The van der Waals surface area contributed by atoms with E-state index in [1.807, 2.05) is 6.92 Å². The lowest BCUT2D eigenvalue weighted by Gasteiger charge is -2.11. The van der Waals surface area contributed by atoms with E-state index >= 15 is 0 Å². The molecule has 22 heavy (non-hydrogen) atoms. The van der Waals surface area contributed by atoms with Crippen LogP contribution < -0.4 is 10.6 Å². The van der Waals surface area contributed by atoms with Crippen molar-refractivity contribution < 1.29 is 14.4 Å². The van der Waals surface area contributed by atoms with Gasteiger partial charge in [0.05, 0.1) is 13.2 Å². The van der Waals surface area contributed by atoms with Crippen molar-refractivity contribution in [3.8, 4) is 0 Å². The molecule has 0 aliphatic rings. The highest BCUT2D eigenvalue weighted by molar-refractivity contribution is 5.94. The fourth-order valence-electron chi connectivity index (χ4n) is 1.78.